The van der Waals surface area contributed by atoms with Gasteiger partial charge in [0, 0.05) is 36.3 Å². The summed E-state index contributed by atoms with van der Waals surface area (Å²) >= 11 is 0. The number of nitrogens with zero attached hydrogens (tertiary/aromatic N) is 2. The summed E-state index contributed by atoms with van der Waals surface area (Å²) in [6.45, 7) is 0.0514. The van der Waals surface area contributed by atoms with Crippen LogP contribution in [0.25, 0.3) is 22.2 Å². The molecule has 13 heteroatoms. The molecule has 0 bridgehead atoms. The second-order valence-electron chi connectivity index (χ2n) is 8.67. The number of halogens is 4. The number of phenols is 1. The molecule has 1 amide bonds. The zero-order valence-electron chi connectivity index (χ0n) is 19.4. The van der Waals surface area contributed by atoms with Gasteiger partial charge in [0.2, 0.25) is 11.0 Å². The molecule has 198 valence electrons. The Hall–Kier alpha value is -3.97. The van der Waals surface area contributed by atoms with Crippen molar-refractivity contribution in [3.63, 3.8) is 0 Å². The summed E-state index contributed by atoms with van der Waals surface area (Å²) in [6, 6.07) is 10.1. The van der Waals surface area contributed by atoms with E-state index < -0.39 is 44.6 Å². The number of hydrogen-bond donors (Lipinski definition) is 2. The molecule has 2 aromatic heterocycles. The van der Waals surface area contributed by atoms with Gasteiger partial charge in [0.15, 0.2) is 0 Å². The molecule has 5 rings (SSSR count). The summed E-state index contributed by atoms with van der Waals surface area (Å²) in [5.41, 5.74) is 0.0299. The van der Waals surface area contributed by atoms with Gasteiger partial charge in [-0.3, -0.25) is 9.78 Å². The van der Waals surface area contributed by atoms with Crippen molar-refractivity contribution in [3.05, 3.63) is 77.7 Å². The summed E-state index contributed by atoms with van der Waals surface area (Å²) in [5.74, 6) is -1.33. The maximum atomic E-state index is 13.5. The average molecular weight is 550 g/mol. The molecule has 0 aliphatic carbocycles. The Morgan fingerprint density at radius 3 is 2.58 bits per heavy atom. The third-order valence-electron chi connectivity index (χ3n) is 6.19. The summed E-state index contributed by atoms with van der Waals surface area (Å²) in [6.07, 6.45) is -3.62. The first-order valence-electron chi connectivity index (χ1n) is 11.3. The number of aromatic hydroxyl groups is 1. The fraction of sp³-hybridized carbons (Fsp3) is 0.200. The molecule has 2 aromatic carbocycles. The fourth-order valence-corrected chi connectivity index (χ4v) is 5.66. The Balaban J connectivity index is 1.28. The van der Waals surface area contributed by atoms with Crippen molar-refractivity contribution in [1.82, 2.24) is 14.6 Å². The van der Waals surface area contributed by atoms with Crippen LogP contribution >= 0.6 is 0 Å². The Morgan fingerprint density at radius 1 is 1.13 bits per heavy atom. The van der Waals surface area contributed by atoms with Gasteiger partial charge in [-0.2, -0.15) is 17.5 Å². The number of carbonyl (C=O) groups excluding carboxylic acids is 1. The van der Waals surface area contributed by atoms with Gasteiger partial charge in [-0.1, -0.05) is 6.07 Å². The van der Waals surface area contributed by atoms with E-state index in [1.54, 1.807) is 0 Å². The molecular formula is C25H19F4N3O5S. The van der Waals surface area contributed by atoms with E-state index in [9.17, 15) is 35.9 Å². The number of alkyl halides is 3. The normalized spacial score (nSPS) is 16.4. The molecular weight excluding hydrogens is 530 g/mol. The first-order chi connectivity index (χ1) is 17.9. The number of carbonyl (C=O) groups is 1. The third-order valence-corrected chi connectivity index (χ3v) is 7.95. The number of amides is 1. The Kier molecular flexibility index (Phi) is 6.35. The SMILES string of the molecule is O=C(NCc1ccc(O)c(-c2ccc(C(F)(F)F)cn2)c1)[C@@H]1CCN1S(=O)(=O)c1cc2cc(F)ccc2o1. The van der Waals surface area contributed by atoms with E-state index in [-0.39, 0.29) is 47.5 Å². The number of furan rings is 1. The number of fused-ring (bicyclic) bond motifs is 1. The van der Waals surface area contributed by atoms with Crippen molar-refractivity contribution in [1.29, 1.82) is 0 Å². The van der Waals surface area contributed by atoms with Crippen LogP contribution in [0.5, 0.6) is 5.75 Å². The number of pyridine rings is 1. The zero-order chi connectivity index (χ0) is 27.2. The van der Waals surface area contributed by atoms with Crippen LogP contribution < -0.4 is 5.32 Å². The minimum atomic E-state index is -4.55. The molecule has 3 heterocycles. The predicted octanol–water partition coefficient (Wildman–Crippen LogP) is 4.44. The lowest BCUT2D eigenvalue weighted by Gasteiger charge is -2.37. The molecule has 1 saturated heterocycles. The van der Waals surface area contributed by atoms with E-state index in [0.29, 0.717) is 11.8 Å². The highest BCUT2D eigenvalue weighted by molar-refractivity contribution is 7.89. The second kappa shape index (κ2) is 9.40. The zero-order valence-corrected chi connectivity index (χ0v) is 20.2. The van der Waals surface area contributed by atoms with E-state index in [1.165, 1.54) is 30.3 Å². The van der Waals surface area contributed by atoms with Crippen LogP contribution in [0.2, 0.25) is 0 Å². The van der Waals surface area contributed by atoms with E-state index >= 15 is 0 Å². The maximum Gasteiger partial charge on any atom is 0.417 e. The lowest BCUT2D eigenvalue weighted by atomic mass is 10.0. The van der Waals surface area contributed by atoms with Crippen LogP contribution in [0, 0.1) is 5.82 Å². The van der Waals surface area contributed by atoms with Gasteiger partial charge in [0.1, 0.15) is 23.2 Å². The molecule has 1 fully saturated rings. The molecule has 1 aliphatic rings. The number of nitrogens with one attached hydrogen (secondary N) is 1. The molecule has 8 nitrogen and oxygen atoms in total. The highest BCUT2D eigenvalue weighted by Gasteiger charge is 2.44. The number of aromatic nitrogens is 1. The Bertz CT molecular complexity index is 1640. The lowest BCUT2D eigenvalue weighted by Crippen LogP contribution is -2.57. The van der Waals surface area contributed by atoms with E-state index in [1.807, 2.05) is 0 Å². The largest absolute Gasteiger partial charge is 0.507 e. The monoisotopic (exact) mass is 549 g/mol. The number of rotatable bonds is 6. The second-order valence-corrected chi connectivity index (χ2v) is 10.5. The van der Waals surface area contributed by atoms with Crippen LogP contribution in [0.4, 0.5) is 17.6 Å². The average Bonchev–Trinajstić information content (AvgIpc) is 3.26. The molecule has 38 heavy (non-hydrogen) atoms. The Labute approximate surface area is 213 Å². The van der Waals surface area contributed by atoms with Crippen LogP contribution in [0.1, 0.15) is 17.5 Å². The highest BCUT2D eigenvalue weighted by Crippen LogP contribution is 2.33. The molecule has 1 atom stereocenters. The molecule has 1 aliphatic heterocycles. The molecule has 4 aromatic rings. The summed E-state index contributed by atoms with van der Waals surface area (Å²) < 4.78 is 84.3. The van der Waals surface area contributed by atoms with Crippen molar-refractivity contribution >= 4 is 26.9 Å². The topological polar surface area (TPSA) is 113 Å². The first kappa shape index (κ1) is 25.7. The highest BCUT2D eigenvalue weighted by atomic mass is 32.2. The molecule has 0 saturated carbocycles. The van der Waals surface area contributed by atoms with Gasteiger partial charge in [-0.25, -0.2) is 12.8 Å². The van der Waals surface area contributed by atoms with E-state index in [0.717, 1.165) is 28.6 Å². The molecule has 0 unspecified atom stereocenters. The minimum Gasteiger partial charge on any atom is -0.507 e. The number of hydrogen-bond acceptors (Lipinski definition) is 6. The van der Waals surface area contributed by atoms with Crippen molar-refractivity contribution in [2.45, 2.75) is 30.3 Å². The molecule has 2 N–H and O–H groups in total. The van der Waals surface area contributed by atoms with Gasteiger partial charge in [0.05, 0.1) is 11.3 Å². The smallest absolute Gasteiger partial charge is 0.417 e. The van der Waals surface area contributed by atoms with Crippen molar-refractivity contribution in [2.75, 3.05) is 6.54 Å². The lowest BCUT2D eigenvalue weighted by molar-refractivity contribution is -0.137. The number of sulfonamides is 1. The summed E-state index contributed by atoms with van der Waals surface area (Å²) in [5, 5.41) is 12.7. The van der Waals surface area contributed by atoms with Gasteiger partial charge in [-0.15, -0.1) is 0 Å². The Morgan fingerprint density at radius 2 is 1.92 bits per heavy atom. The third kappa shape index (κ3) is 4.82. The van der Waals surface area contributed by atoms with Gasteiger partial charge < -0.3 is 14.8 Å². The standard InChI is InChI=1S/C25H19F4N3O5S/c26-17-3-6-22-15(10-17)11-23(37-22)38(35,36)32-8-7-20(32)24(34)31-12-14-1-5-21(33)18(9-14)19-4-2-16(13-30-19)25(27,28)29/h1-6,9-11,13,20,33H,7-8,12H2,(H,31,34)/t20-/m0/s1. The van der Waals surface area contributed by atoms with Gasteiger partial charge in [0.25, 0.3) is 10.0 Å². The van der Waals surface area contributed by atoms with Crippen LogP contribution in [-0.4, -0.2) is 41.3 Å². The molecule has 0 spiro atoms. The van der Waals surface area contributed by atoms with E-state index in [2.05, 4.69) is 10.3 Å². The minimum absolute atomic E-state index is 0.0406. The number of phenolic OH excluding ortho intramolecular Hbond substituents is 1. The number of benzene rings is 2. The van der Waals surface area contributed by atoms with Crippen molar-refractivity contribution < 1.29 is 40.3 Å². The van der Waals surface area contributed by atoms with Crippen molar-refractivity contribution in [2.24, 2.45) is 0 Å². The van der Waals surface area contributed by atoms with Crippen molar-refractivity contribution in [3.8, 4) is 17.0 Å². The predicted molar refractivity (Wildman–Crippen MR) is 127 cm³/mol. The fourth-order valence-electron chi connectivity index (χ4n) is 4.07. The van der Waals surface area contributed by atoms with Gasteiger partial charge in [-0.05, 0) is 54.4 Å². The van der Waals surface area contributed by atoms with Crippen LogP contribution in [0.3, 0.4) is 0 Å². The van der Waals surface area contributed by atoms with E-state index in [4.69, 9.17) is 4.42 Å². The summed E-state index contributed by atoms with van der Waals surface area (Å²) in [4.78, 5) is 16.6. The quantitative estimate of drug-likeness (QED) is 0.344. The van der Waals surface area contributed by atoms with Crippen LogP contribution in [0.15, 0.2) is 70.3 Å². The van der Waals surface area contributed by atoms with Crippen LogP contribution in [-0.2, 0) is 27.5 Å². The van der Waals surface area contributed by atoms with Gasteiger partial charge >= 0.3 is 6.18 Å². The summed E-state index contributed by atoms with van der Waals surface area (Å²) in [7, 11) is -4.15. The first-order valence-corrected chi connectivity index (χ1v) is 12.7. The maximum absolute atomic E-state index is 13.5. The molecule has 0 radical (unpaired) electrons.